The van der Waals surface area contributed by atoms with Gasteiger partial charge in [-0.15, -0.1) is 0 Å². The Morgan fingerprint density at radius 1 is 1.13 bits per heavy atom. The molecule has 0 aromatic carbocycles. The van der Waals surface area contributed by atoms with E-state index in [-0.39, 0.29) is 0 Å². The molecule has 1 aliphatic heterocycles. The van der Waals surface area contributed by atoms with Crippen LogP contribution in [0.4, 0.5) is 0 Å². The van der Waals surface area contributed by atoms with Crippen LogP contribution in [0.15, 0.2) is 0 Å². The monoisotopic (exact) mass is 213 g/mol. The number of rotatable bonds is 8. The van der Waals surface area contributed by atoms with E-state index >= 15 is 0 Å². The number of hydrogen-bond acceptors (Lipinski definition) is 3. The minimum absolute atomic E-state index is 0.502. The van der Waals surface area contributed by atoms with Crippen LogP contribution < -0.4 is 0 Å². The summed E-state index contributed by atoms with van der Waals surface area (Å²) in [6.07, 6.45) is 5.57. The molecule has 2 rings (SSSR count). The van der Waals surface area contributed by atoms with Crippen molar-refractivity contribution in [2.24, 2.45) is 5.92 Å². The van der Waals surface area contributed by atoms with Crippen molar-refractivity contribution in [1.82, 2.24) is 4.90 Å². The van der Waals surface area contributed by atoms with E-state index < -0.39 is 0 Å². The van der Waals surface area contributed by atoms with Crippen LogP contribution >= 0.6 is 0 Å². The Morgan fingerprint density at radius 2 is 1.87 bits per heavy atom. The molecule has 0 atom stereocenters. The molecule has 1 saturated heterocycles. The van der Waals surface area contributed by atoms with Crippen molar-refractivity contribution in [2.45, 2.75) is 31.8 Å². The van der Waals surface area contributed by atoms with Crippen molar-refractivity contribution in [2.75, 3.05) is 40.0 Å². The van der Waals surface area contributed by atoms with E-state index in [2.05, 4.69) is 11.9 Å². The molecule has 3 nitrogen and oxygen atoms in total. The maximum Gasteiger partial charge on any atom is 0.0828 e. The zero-order valence-electron chi connectivity index (χ0n) is 9.78. The fraction of sp³-hybridized carbons (Fsp3) is 1.00. The molecular formula is C12H23NO2. The summed E-state index contributed by atoms with van der Waals surface area (Å²) in [4.78, 5) is 2.28. The van der Waals surface area contributed by atoms with Crippen LogP contribution in [-0.2, 0) is 9.47 Å². The molecule has 0 amide bonds. The van der Waals surface area contributed by atoms with Gasteiger partial charge in [0, 0.05) is 32.9 Å². The normalized spacial score (nSPS) is 23.0. The van der Waals surface area contributed by atoms with E-state index in [1.54, 1.807) is 0 Å². The molecule has 0 unspecified atom stereocenters. The minimum Gasteiger partial charge on any atom is -0.381 e. The van der Waals surface area contributed by atoms with E-state index in [9.17, 15) is 0 Å². The van der Waals surface area contributed by atoms with Crippen LogP contribution in [0.1, 0.15) is 25.7 Å². The molecule has 88 valence electrons. The molecule has 0 spiro atoms. The first-order valence-electron chi connectivity index (χ1n) is 6.22. The third kappa shape index (κ3) is 4.49. The van der Waals surface area contributed by atoms with Gasteiger partial charge in [-0.1, -0.05) is 0 Å². The maximum atomic E-state index is 5.69. The summed E-state index contributed by atoms with van der Waals surface area (Å²) >= 11 is 0. The highest BCUT2D eigenvalue weighted by Gasteiger charge is 2.23. The van der Waals surface area contributed by atoms with Gasteiger partial charge in [0.25, 0.3) is 0 Å². The fourth-order valence-corrected chi connectivity index (χ4v) is 1.84. The number of likely N-dealkylation sites (tertiary alicyclic amines) is 1. The van der Waals surface area contributed by atoms with Crippen molar-refractivity contribution < 1.29 is 9.47 Å². The van der Waals surface area contributed by atoms with Crippen molar-refractivity contribution in [1.29, 1.82) is 0 Å². The smallest absolute Gasteiger partial charge is 0.0828 e. The van der Waals surface area contributed by atoms with E-state index in [0.717, 1.165) is 51.7 Å². The quantitative estimate of drug-likeness (QED) is 0.571. The average Bonchev–Trinajstić information content (AvgIpc) is 2.97. The second-order valence-corrected chi connectivity index (χ2v) is 4.94. The Hall–Kier alpha value is -0.120. The molecule has 1 aliphatic carbocycles. The molecule has 0 N–H and O–H groups in total. The summed E-state index contributed by atoms with van der Waals surface area (Å²) < 4.78 is 11.2. The molecule has 2 aliphatic rings. The predicted octanol–water partition coefficient (Wildman–Crippen LogP) is 1.52. The van der Waals surface area contributed by atoms with Gasteiger partial charge in [-0.25, -0.2) is 0 Å². The summed E-state index contributed by atoms with van der Waals surface area (Å²) in [5.74, 6) is 0.895. The summed E-state index contributed by atoms with van der Waals surface area (Å²) in [5, 5.41) is 0. The second kappa shape index (κ2) is 5.83. The first-order valence-corrected chi connectivity index (χ1v) is 6.22. The lowest BCUT2D eigenvalue weighted by atomic mass is 10.2. The van der Waals surface area contributed by atoms with E-state index in [1.165, 1.54) is 12.8 Å². The SMILES string of the molecule is CN1CC(OCCCCOCC2CC2)C1. The lowest BCUT2D eigenvalue weighted by Gasteiger charge is -2.35. The average molecular weight is 213 g/mol. The van der Waals surface area contributed by atoms with Gasteiger partial charge in [-0.05, 0) is 38.6 Å². The van der Waals surface area contributed by atoms with E-state index in [4.69, 9.17) is 9.47 Å². The number of nitrogens with zero attached hydrogens (tertiary/aromatic N) is 1. The fourth-order valence-electron chi connectivity index (χ4n) is 1.84. The first-order chi connectivity index (χ1) is 7.34. The summed E-state index contributed by atoms with van der Waals surface area (Å²) in [5.41, 5.74) is 0. The standard InChI is InChI=1S/C12H23NO2/c1-13-8-12(9-13)15-7-3-2-6-14-10-11-4-5-11/h11-12H,2-10H2,1H3. The van der Waals surface area contributed by atoms with Crippen LogP contribution in [0.2, 0.25) is 0 Å². The number of ether oxygens (including phenoxy) is 2. The lowest BCUT2D eigenvalue weighted by Crippen LogP contribution is -2.49. The van der Waals surface area contributed by atoms with Gasteiger partial charge in [0.1, 0.15) is 0 Å². The van der Waals surface area contributed by atoms with Gasteiger partial charge in [-0.3, -0.25) is 0 Å². The van der Waals surface area contributed by atoms with Crippen molar-refractivity contribution in [3.63, 3.8) is 0 Å². The Bertz CT molecular complexity index is 176. The molecule has 15 heavy (non-hydrogen) atoms. The minimum atomic E-state index is 0.502. The highest BCUT2D eigenvalue weighted by Crippen LogP contribution is 2.28. The maximum absolute atomic E-state index is 5.69. The number of likely N-dealkylation sites (N-methyl/N-ethyl adjacent to an activating group) is 1. The zero-order chi connectivity index (χ0) is 10.5. The molecule has 1 saturated carbocycles. The Kier molecular flexibility index (Phi) is 4.42. The Labute approximate surface area is 92.7 Å². The van der Waals surface area contributed by atoms with Crippen LogP contribution in [0.25, 0.3) is 0 Å². The predicted molar refractivity (Wildman–Crippen MR) is 60.0 cm³/mol. The van der Waals surface area contributed by atoms with Gasteiger partial charge in [0.15, 0.2) is 0 Å². The third-order valence-electron chi connectivity index (χ3n) is 3.12. The topological polar surface area (TPSA) is 21.7 Å². The van der Waals surface area contributed by atoms with Crippen LogP contribution in [0.3, 0.4) is 0 Å². The van der Waals surface area contributed by atoms with E-state index in [1.807, 2.05) is 0 Å². The van der Waals surface area contributed by atoms with Gasteiger partial charge in [-0.2, -0.15) is 0 Å². The third-order valence-corrected chi connectivity index (χ3v) is 3.12. The van der Waals surface area contributed by atoms with Gasteiger partial charge in [0.2, 0.25) is 0 Å². The first kappa shape index (κ1) is 11.4. The van der Waals surface area contributed by atoms with Crippen LogP contribution in [0.5, 0.6) is 0 Å². The second-order valence-electron chi connectivity index (χ2n) is 4.94. The largest absolute Gasteiger partial charge is 0.381 e. The van der Waals surface area contributed by atoms with Gasteiger partial charge < -0.3 is 14.4 Å². The molecule has 3 heteroatoms. The molecular weight excluding hydrogens is 190 g/mol. The molecule has 0 aromatic heterocycles. The molecule has 0 aromatic rings. The highest BCUT2D eigenvalue weighted by atomic mass is 16.5. The van der Waals surface area contributed by atoms with Crippen molar-refractivity contribution in [3.8, 4) is 0 Å². The molecule has 1 heterocycles. The number of hydrogen-bond donors (Lipinski definition) is 0. The van der Waals surface area contributed by atoms with Gasteiger partial charge in [0.05, 0.1) is 6.10 Å². The summed E-state index contributed by atoms with van der Waals surface area (Å²) in [6.45, 7) is 5.04. The van der Waals surface area contributed by atoms with Crippen molar-refractivity contribution >= 4 is 0 Å². The van der Waals surface area contributed by atoms with Crippen molar-refractivity contribution in [3.05, 3.63) is 0 Å². The number of unbranched alkanes of at least 4 members (excludes halogenated alkanes) is 1. The molecule has 2 fully saturated rings. The van der Waals surface area contributed by atoms with Gasteiger partial charge >= 0.3 is 0 Å². The summed E-state index contributed by atoms with van der Waals surface area (Å²) in [7, 11) is 2.13. The Balaban J connectivity index is 1.30. The molecule has 0 radical (unpaired) electrons. The highest BCUT2D eigenvalue weighted by molar-refractivity contribution is 4.77. The summed E-state index contributed by atoms with van der Waals surface area (Å²) in [6, 6.07) is 0. The zero-order valence-corrected chi connectivity index (χ0v) is 9.78. The lowest BCUT2D eigenvalue weighted by molar-refractivity contribution is -0.0453. The van der Waals surface area contributed by atoms with Crippen LogP contribution in [0, 0.1) is 5.92 Å². The molecule has 0 bridgehead atoms. The Morgan fingerprint density at radius 3 is 2.53 bits per heavy atom. The van der Waals surface area contributed by atoms with Crippen LogP contribution in [-0.4, -0.2) is 51.0 Å². The van der Waals surface area contributed by atoms with E-state index in [0.29, 0.717) is 6.10 Å².